The standard InChI is InChI=1S/C21H20ClN3O3/c1-2-27-20-11-16(21(26)25-24-18-7-3-6-17(22)12-18)8-9-19(20)28-14-15-5-4-10-23-13-15/h3-13,24H,2,14H2,1H3,(H,25,26). The van der Waals surface area contributed by atoms with E-state index < -0.39 is 0 Å². The summed E-state index contributed by atoms with van der Waals surface area (Å²) >= 11 is 5.94. The van der Waals surface area contributed by atoms with E-state index in [1.165, 1.54) is 0 Å². The maximum absolute atomic E-state index is 12.4. The van der Waals surface area contributed by atoms with Gasteiger partial charge in [0.15, 0.2) is 11.5 Å². The SMILES string of the molecule is CCOc1cc(C(=O)NNc2cccc(Cl)c2)ccc1OCc1cccnc1. The van der Waals surface area contributed by atoms with Crippen molar-refractivity contribution in [2.45, 2.75) is 13.5 Å². The summed E-state index contributed by atoms with van der Waals surface area (Å²) in [7, 11) is 0. The Morgan fingerprint density at radius 2 is 1.96 bits per heavy atom. The molecule has 0 aliphatic heterocycles. The van der Waals surface area contributed by atoms with E-state index in [1.807, 2.05) is 19.1 Å². The first-order valence-corrected chi connectivity index (χ1v) is 9.14. The van der Waals surface area contributed by atoms with Gasteiger partial charge < -0.3 is 9.47 Å². The van der Waals surface area contributed by atoms with Crippen LogP contribution in [0.1, 0.15) is 22.8 Å². The van der Waals surface area contributed by atoms with E-state index in [0.29, 0.717) is 41.0 Å². The Labute approximate surface area is 168 Å². The summed E-state index contributed by atoms with van der Waals surface area (Å²) in [5.74, 6) is 0.756. The molecule has 1 heterocycles. The highest BCUT2D eigenvalue weighted by Gasteiger charge is 2.12. The number of aromatic nitrogens is 1. The molecular formula is C21H20ClN3O3. The van der Waals surface area contributed by atoms with E-state index in [-0.39, 0.29) is 5.91 Å². The molecule has 1 amide bonds. The minimum absolute atomic E-state index is 0.306. The van der Waals surface area contributed by atoms with Crippen molar-refractivity contribution < 1.29 is 14.3 Å². The van der Waals surface area contributed by atoms with Gasteiger partial charge in [0, 0.05) is 28.5 Å². The number of nitrogens with one attached hydrogen (secondary N) is 2. The number of hydrogen-bond donors (Lipinski definition) is 2. The lowest BCUT2D eigenvalue weighted by Gasteiger charge is -2.14. The Morgan fingerprint density at radius 1 is 1.07 bits per heavy atom. The van der Waals surface area contributed by atoms with Gasteiger partial charge in [0.2, 0.25) is 0 Å². The normalized spacial score (nSPS) is 10.2. The van der Waals surface area contributed by atoms with Gasteiger partial charge in [-0.15, -0.1) is 0 Å². The van der Waals surface area contributed by atoms with E-state index in [4.69, 9.17) is 21.1 Å². The Morgan fingerprint density at radius 3 is 2.71 bits per heavy atom. The first kappa shape index (κ1) is 19.5. The quantitative estimate of drug-likeness (QED) is 0.549. The lowest BCUT2D eigenvalue weighted by molar-refractivity contribution is 0.0962. The molecular weight excluding hydrogens is 378 g/mol. The number of carbonyl (C=O) groups excluding carboxylic acids is 1. The molecule has 2 N–H and O–H groups in total. The van der Waals surface area contributed by atoms with E-state index in [9.17, 15) is 4.79 Å². The topological polar surface area (TPSA) is 72.5 Å². The molecule has 0 saturated carbocycles. The van der Waals surface area contributed by atoms with Gasteiger partial charge in [0.25, 0.3) is 5.91 Å². The minimum atomic E-state index is -0.306. The van der Waals surface area contributed by atoms with Crippen LogP contribution in [-0.4, -0.2) is 17.5 Å². The van der Waals surface area contributed by atoms with Gasteiger partial charge in [-0.2, -0.15) is 0 Å². The zero-order valence-corrected chi connectivity index (χ0v) is 16.1. The van der Waals surface area contributed by atoms with Gasteiger partial charge in [-0.3, -0.25) is 20.6 Å². The fourth-order valence-electron chi connectivity index (χ4n) is 2.45. The summed E-state index contributed by atoms with van der Waals surface area (Å²) in [6.45, 7) is 2.68. The maximum atomic E-state index is 12.4. The molecule has 1 aromatic heterocycles. The third-order valence-electron chi connectivity index (χ3n) is 3.77. The van der Waals surface area contributed by atoms with E-state index >= 15 is 0 Å². The van der Waals surface area contributed by atoms with E-state index in [2.05, 4.69) is 15.8 Å². The smallest absolute Gasteiger partial charge is 0.269 e. The number of ether oxygens (including phenoxy) is 2. The highest BCUT2D eigenvalue weighted by molar-refractivity contribution is 6.30. The van der Waals surface area contributed by atoms with Crippen molar-refractivity contribution in [1.29, 1.82) is 0 Å². The molecule has 28 heavy (non-hydrogen) atoms. The van der Waals surface area contributed by atoms with Gasteiger partial charge >= 0.3 is 0 Å². The average Bonchev–Trinajstić information content (AvgIpc) is 2.72. The monoisotopic (exact) mass is 397 g/mol. The second-order valence-corrected chi connectivity index (χ2v) is 6.27. The highest BCUT2D eigenvalue weighted by Crippen LogP contribution is 2.29. The van der Waals surface area contributed by atoms with Gasteiger partial charge in [0.1, 0.15) is 6.61 Å². The second kappa shape index (κ2) is 9.62. The summed E-state index contributed by atoms with van der Waals surface area (Å²) in [5.41, 5.74) is 7.53. The lowest BCUT2D eigenvalue weighted by atomic mass is 10.2. The van der Waals surface area contributed by atoms with Crippen LogP contribution in [0.2, 0.25) is 5.02 Å². The molecule has 3 aromatic rings. The molecule has 0 bridgehead atoms. The fourth-order valence-corrected chi connectivity index (χ4v) is 2.64. The highest BCUT2D eigenvalue weighted by atomic mass is 35.5. The van der Waals surface area contributed by atoms with Crippen LogP contribution in [0.5, 0.6) is 11.5 Å². The average molecular weight is 398 g/mol. The number of hydrazine groups is 1. The largest absolute Gasteiger partial charge is 0.490 e. The number of nitrogens with zero attached hydrogens (tertiary/aromatic N) is 1. The van der Waals surface area contributed by atoms with Crippen LogP contribution in [-0.2, 0) is 6.61 Å². The molecule has 2 aromatic carbocycles. The first-order chi connectivity index (χ1) is 13.7. The van der Waals surface area contributed by atoms with Crippen LogP contribution in [0.4, 0.5) is 5.69 Å². The minimum Gasteiger partial charge on any atom is -0.490 e. The predicted molar refractivity (Wildman–Crippen MR) is 109 cm³/mol. The molecule has 6 nitrogen and oxygen atoms in total. The Hall–Kier alpha value is -3.25. The number of pyridine rings is 1. The molecule has 0 radical (unpaired) electrons. The third-order valence-corrected chi connectivity index (χ3v) is 4.00. The van der Waals surface area contributed by atoms with Crippen LogP contribution in [0.3, 0.4) is 0 Å². The molecule has 0 spiro atoms. The zero-order chi connectivity index (χ0) is 19.8. The molecule has 0 aliphatic rings. The molecule has 3 rings (SSSR count). The number of anilines is 1. The van der Waals surface area contributed by atoms with Crippen LogP contribution < -0.4 is 20.3 Å². The summed E-state index contributed by atoms with van der Waals surface area (Å²) in [4.78, 5) is 16.5. The number of carbonyl (C=O) groups is 1. The van der Waals surface area contributed by atoms with E-state index in [1.54, 1.807) is 54.9 Å². The number of amides is 1. The summed E-state index contributed by atoms with van der Waals surface area (Å²) in [6, 6.07) is 15.9. The Bertz CT molecular complexity index is 935. The fraction of sp³-hybridized carbons (Fsp3) is 0.143. The van der Waals surface area contributed by atoms with E-state index in [0.717, 1.165) is 5.56 Å². The molecule has 0 aliphatic carbocycles. The summed E-state index contributed by atoms with van der Waals surface area (Å²) in [6.07, 6.45) is 3.45. The maximum Gasteiger partial charge on any atom is 0.269 e. The number of hydrogen-bond acceptors (Lipinski definition) is 5. The van der Waals surface area contributed by atoms with Crippen LogP contribution >= 0.6 is 11.6 Å². The molecule has 0 fully saturated rings. The van der Waals surface area contributed by atoms with Crippen LogP contribution in [0, 0.1) is 0 Å². The molecule has 0 saturated heterocycles. The van der Waals surface area contributed by atoms with Gasteiger partial charge in [-0.05, 0) is 49.4 Å². The van der Waals surface area contributed by atoms with Crippen LogP contribution in [0.25, 0.3) is 0 Å². The Balaban J connectivity index is 1.67. The summed E-state index contributed by atoms with van der Waals surface area (Å²) < 4.78 is 11.5. The number of benzene rings is 2. The molecule has 0 atom stereocenters. The van der Waals surface area contributed by atoms with Crippen LogP contribution in [0.15, 0.2) is 67.0 Å². The second-order valence-electron chi connectivity index (χ2n) is 5.83. The van der Waals surface area contributed by atoms with Crippen molar-refractivity contribution >= 4 is 23.2 Å². The predicted octanol–water partition coefficient (Wildman–Crippen LogP) is 4.47. The number of halogens is 1. The lowest BCUT2D eigenvalue weighted by Crippen LogP contribution is -2.29. The summed E-state index contributed by atoms with van der Waals surface area (Å²) in [5, 5.41) is 0.577. The van der Waals surface area contributed by atoms with Gasteiger partial charge in [-0.1, -0.05) is 23.7 Å². The molecule has 0 unspecified atom stereocenters. The van der Waals surface area contributed by atoms with Crippen molar-refractivity contribution in [3.63, 3.8) is 0 Å². The molecule has 7 heteroatoms. The third kappa shape index (κ3) is 5.37. The van der Waals surface area contributed by atoms with Crippen molar-refractivity contribution in [3.05, 3.63) is 83.1 Å². The Kier molecular flexibility index (Phi) is 6.70. The van der Waals surface area contributed by atoms with Crippen molar-refractivity contribution in [2.24, 2.45) is 0 Å². The van der Waals surface area contributed by atoms with Crippen molar-refractivity contribution in [2.75, 3.05) is 12.0 Å². The van der Waals surface area contributed by atoms with Gasteiger partial charge in [0.05, 0.1) is 12.3 Å². The zero-order valence-electron chi connectivity index (χ0n) is 15.3. The first-order valence-electron chi connectivity index (χ1n) is 8.76. The van der Waals surface area contributed by atoms with Gasteiger partial charge in [-0.25, -0.2) is 0 Å². The van der Waals surface area contributed by atoms with Crippen molar-refractivity contribution in [1.82, 2.24) is 10.4 Å². The number of rotatable bonds is 8. The van der Waals surface area contributed by atoms with Crippen molar-refractivity contribution in [3.8, 4) is 11.5 Å². The molecule has 144 valence electrons.